The van der Waals surface area contributed by atoms with Gasteiger partial charge in [0.2, 0.25) is 15.9 Å². The van der Waals surface area contributed by atoms with Crippen LogP contribution in [0.5, 0.6) is 0 Å². The van der Waals surface area contributed by atoms with Gasteiger partial charge in [-0.25, -0.2) is 8.42 Å². The molecule has 0 atom stereocenters. The minimum Gasteiger partial charge on any atom is -0.395 e. The Morgan fingerprint density at radius 3 is 2.32 bits per heavy atom. The number of hydrogen-bond acceptors (Lipinski definition) is 4. The predicted molar refractivity (Wildman–Crippen MR) is 95.6 cm³/mol. The van der Waals surface area contributed by atoms with E-state index in [4.69, 9.17) is 16.7 Å². The van der Waals surface area contributed by atoms with E-state index in [1.54, 1.807) is 42.5 Å². The second-order valence-electron chi connectivity index (χ2n) is 5.29. The molecule has 2 rings (SSSR count). The third-order valence-corrected chi connectivity index (χ3v) is 5.46. The summed E-state index contributed by atoms with van der Waals surface area (Å²) in [6.07, 6.45) is 0. The summed E-state index contributed by atoms with van der Waals surface area (Å²) >= 11 is 5.86. The first-order chi connectivity index (χ1) is 11.9. The van der Waals surface area contributed by atoms with Crippen LogP contribution in [-0.2, 0) is 21.4 Å². The molecule has 0 heterocycles. The summed E-state index contributed by atoms with van der Waals surface area (Å²) in [6.45, 7) is -0.464. The Kier molecular flexibility index (Phi) is 6.95. The first kappa shape index (κ1) is 19.4. The van der Waals surface area contributed by atoms with E-state index in [0.717, 1.165) is 4.31 Å². The molecule has 0 spiro atoms. The predicted octanol–water partition coefficient (Wildman–Crippen LogP) is 1.64. The highest BCUT2D eigenvalue weighted by Gasteiger charge is 2.26. The van der Waals surface area contributed by atoms with Crippen molar-refractivity contribution in [3.05, 3.63) is 65.2 Å². The van der Waals surface area contributed by atoms with Crippen molar-refractivity contribution >= 4 is 27.5 Å². The van der Waals surface area contributed by atoms with Crippen LogP contribution in [0.15, 0.2) is 59.5 Å². The lowest BCUT2D eigenvalue weighted by atomic mass is 10.2. The maximum atomic E-state index is 12.9. The molecule has 0 fully saturated rings. The van der Waals surface area contributed by atoms with Gasteiger partial charge in [0.05, 0.1) is 18.0 Å². The fraction of sp³-hybridized carbons (Fsp3) is 0.235. The molecule has 0 aliphatic rings. The second-order valence-corrected chi connectivity index (χ2v) is 7.66. The molecule has 0 radical (unpaired) electrons. The van der Waals surface area contributed by atoms with E-state index < -0.39 is 15.9 Å². The lowest BCUT2D eigenvalue weighted by Gasteiger charge is -2.22. The van der Waals surface area contributed by atoms with E-state index in [1.165, 1.54) is 12.1 Å². The quantitative estimate of drug-likeness (QED) is 0.726. The van der Waals surface area contributed by atoms with E-state index in [0.29, 0.717) is 10.6 Å². The maximum absolute atomic E-state index is 12.9. The Morgan fingerprint density at radius 1 is 1.08 bits per heavy atom. The summed E-state index contributed by atoms with van der Waals surface area (Å²) in [7, 11) is -3.85. The lowest BCUT2D eigenvalue weighted by Crippen LogP contribution is -2.41. The highest BCUT2D eigenvalue weighted by molar-refractivity contribution is 7.89. The Morgan fingerprint density at radius 2 is 1.72 bits per heavy atom. The molecule has 2 aromatic carbocycles. The molecule has 0 aliphatic carbocycles. The molecule has 0 bridgehead atoms. The van der Waals surface area contributed by atoms with Gasteiger partial charge in [-0.3, -0.25) is 4.79 Å². The van der Waals surface area contributed by atoms with Crippen LogP contribution in [0, 0.1) is 0 Å². The number of sulfonamides is 1. The van der Waals surface area contributed by atoms with Gasteiger partial charge in [-0.15, -0.1) is 0 Å². The normalized spacial score (nSPS) is 11.5. The van der Waals surface area contributed by atoms with Crippen LogP contribution in [0.3, 0.4) is 0 Å². The van der Waals surface area contributed by atoms with Gasteiger partial charge in [0, 0.05) is 18.1 Å². The number of aliphatic hydroxyl groups is 1. The van der Waals surface area contributed by atoms with Crippen molar-refractivity contribution in [2.24, 2.45) is 0 Å². The molecule has 8 heteroatoms. The number of aliphatic hydroxyl groups excluding tert-OH is 1. The van der Waals surface area contributed by atoms with Gasteiger partial charge in [-0.1, -0.05) is 41.9 Å². The average molecular weight is 383 g/mol. The van der Waals surface area contributed by atoms with Crippen molar-refractivity contribution in [2.45, 2.75) is 11.4 Å². The van der Waals surface area contributed by atoms with E-state index in [9.17, 15) is 13.2 Å². The molecule has 25 heavy (non-hydrogen) atoms. The number of benzene rings is 2. The Hall–Kier alpha value is -1.93. The third-order valence-electron chi connectivity index (χ3n) is 3.41. The molecule has 0 aliphatic heterocycles. The Balaban J connectivity index is 2.27. The van der Waals surface area contributed by atoms with Crippen LogP contribution in [-0.4, -0.2) is 43.4 Å². The first-order valence-corrected chi connectivity index (χ1v) is 9.42. The average Bonchev–Trinajstić information content (AvgIpc) is 2.62. The SMILES string of the molecule is O=C(CN(Cc1ccc(Cl)cc1)S(=O)(=O)c1ccccc1)NCCO. The second kappa shape index (κ2) is 8.96. The number of nitrogens with one attached hydrogen (secondary N) is 1. The summed E-state index contributed by atoms with van der Waals surface area (Å²) in [4.78, 5) is 12.1. The fourth-order valence-electron chi connectivity index (χ4n) is 2.17. The monoisotopic (exact) mass is 382 g/mol. The van der Waals surface area contributed by atoms with Crippen LogP contribution >= 0.6 is 11.6 Å². The smallest absolute Gasteiger partial charge is 0.243 e. The summed E-state index contributed by atoms with van der Waals surface area (Å²) in [6, 6.07) is 14.7. The Bertz CT molecular complexity index is 795. The van der Waals surface area contributed by atoms with Gasteiger partial charge in [-0.05, 0) is 29.8 Å². The zero-order valence-corrected chi connectivity index (χ0v) is 15.0. The summed E-state index contributed by atoms with van der Waals surface area (Å²) in [5, 5.41) is 11.8. The zero-order valence-electron chi connectivity index (χ0n) is 13.4. The van der Waals surface area contributed by atoms with Crippen LogP contribution in [0.1, 0.15) is 5.56 Å². The molecule has 0 aromatic heterocycles. The van der Waals surface area contributed by atoms with Gasteiger partial charge < -0.3 is 10.4 Å². The highest BCUT2D eigenvalue weighted by atomic mass is 35.5. The number of amides is 1. The molecule has 0 saturated heterocycles. The molecular formula is C17H19ClN2O4S. The zero-order chi connectivity index (χ0) is 18.3. The lowest BCUT2D eigenvalue weighted by molar-refractivity contribution is -0.121. The molecule has 6 nitrogen and oxygen atoms in total. The Labute approximate surface area is 152 Å². The number of carbonyl (C=O) groups excluding carboxylic acids is 1. The minimum atomic E-state index is -3.85. The van der Waals surface area contributed by atoms with Gasteiger partial charge in [-0.2, -0.15) is 4.31 Å². The van der Waals surface area contributed by atoms with E-state index in [2.05, 4.69) is 5.32 Å². The van der Waals surface area contributed by atoms with E-state index in [-0.39, 0.29) is 31.1 Å². The van der Waals surface area contributed by atoms with Crippen LogP contribution in [0.4, 0.5) is 0 Å². The molecule has 1 amide bonds. The van der Waals surface area contributed by atoms with Crippen LogP contribution in [0.25, 0.3) is 0 Å². The number of hydrogen-bond donors (Lipinski definition) is 2. The number of rotatable bonds is 8. The number of halogens is 1. The minimum absolute atomic E-state index is 0.0287. The molecule has 134 valence electrons. The standard InChI is InChI=1S/C17H19ClN2O4S/c18-15-8-6-14(7-9-15)12-20(13-17(22)19-10-11-21)25(23,24)16-4-2-1-3-5-16/h1-9,21H,10-13H2,(H,19,22). The summed E-state index contributed by atoms with van der Waals surface area (Å²) in [5.74, 6) is -0.484. The molecule has 0 unspecified atom stereocenters. The van der Waals surface area contributed by atoms with Crippen molar-refractivity contribution in [2.75, 3.05) is 19.7 Å². The fourth-order valence-corrected chi connectivity index (χ4v) is 3.70. The first-order valence-electron chi connectivity index (χ1n) is 7.60. The van der Waals surface area contributed by atoms with Gasteiger partial charge >= 0.3 is 0 Å². The van der Waals surface area contributed by atoms with Crippen LogP contribution in [0.2, 0.25) is 5.02 Å². The summed E-state index contributed by atoms with van der Waals surface area (Å²) < 4.78 is 26.9. The van der Waals surface area contributed by atoms with Crippen molar-refractivity contribution in [3.8, 4) is 0 Å². The van der Waals surface area contributed by atoms with Gasteiger partial charge in [0.25, 0.3) is 0 Å². The van der Waals surface area contributed by atoms with E-state index >= 15 is 0 Å². The topological polar surface area (TPSA) is 86.7 Å². The summed E-state index contributed by atoms with van der Waals surface area (Å²) in [5.41, 5.74) is 0.707. The third kappa shape index (κ3) is 5.54. The molecular weight excluding hydrogens is 364 g/mol. The highest BCUT2D eigenvalue weighted by Crippen LogP contribution is 2.19. The van der Waals surface area contributed by atoms with Gasteiger partial charge in [0.1, 0.15) is 0 Å². The molecule has 2 aromatic rings. The van der Waals surface area contributed by atoms with Gasteiger partial charge in [0.15, 0.2) is 0 Å². The van der Waals surface area contributed by atoms with Crippen molar-refractivity contribution < 1.29 is 18.3 Å². The van der Waals surface area contributed by atoms with Crippen molar-refractivity contribution in [3.63, 3.8) is 0 Å². The number of nitrogens with zero attached hydrogens (tertiary/aromatic N) is 1. The molecule has 0 saturated carbocycles. The number of carbonyl (C=O) groups is 1. The largest absolute Gasteiger partial charge is 0.395 e. The van der Waals surface area contributed by atoms with Crippen LogP contribution < -0.4 is 5.32 Å². The van der Waals surface area contributed by atoms with E-state index in [1.807, 2.05) is 0 Å². The molecule has 2 N–H and O–H groups in total. The van der Waals surface area contributed by atoms with Crippen molar-refractivity contribution in [1.29, 1.82) is 0 Å². The van der Waals surface area contributed by atoms with Crippen molar-refractivity contribution in [1.82, 2.24) is 9.62 Å². The maximum Gasteiger partial charge on any atom is 0.243 e.